The van der Waals surface area contributed by atoms with Gasteiger partial charge in [0.25, 0.3) is 21.5 Å². The van der Waals surface area contributed by atoms with Gasteiger partial charge in [-0.15, -0.1) is 0 Å². The second-order valence-corrected chi connectivity index (χ2v) is 13.1. The Morgan fingerprint density at radius 3 is 2.11 bits per heavy atom. The smallest absolute Gasteiger partial charge is 0.296 e. The van der Waals surface area contributed by atoms with E-state index >= 15 is 0 Å². The van der Waals surface area contributed by atoms with Gasteiger partial charge in [-0.05, 0) is 69.3 Å². The fourth-order valence-corrected chi connectivity index (χ4v) is 7.18. The van der Waals surface area contributed by atoms with Gasteiger partial charge >= 0.3 is 0 Å². The van der Waals surface area contributed by atoms with Crippen molar-refractivity contribution in [3.05, 3.63) is 128 Å². The Hall–Kier alpha value is -4.58. The second-order valence-electron chi connectivity index (χ2n) is 10.3. The number of carbonyl (C=O) groups is 1. The molecule has 1 N–H and O–H groups in total. The Morgan fingerprint density at radius 2 is 1.49 bits per heavy atom. The van der Waals surface area contributed by atoms with Crippen LogP contribution < -0.4 is 15.3 Å². The minimum Gasteiger partial charge on any atom is -0.318 e. The highest BCUT2D eigenvalue weighted by Gasteiger charge is 2.33. The minimum atomic E-state index is -4.33. The van der Waals surface area contributed by atoms with Crippen molar-refractivity contribution in [2.24, 2.45) is 12.1 Å². The van der Waals surface area contributed by atoms with Gasteiger partial charge in [0, 0.05) is 39.7 Å². The number of carbonyl (C=O) groups excluding carboxylic acids is 1. The van der Waals surface area contributed by atoms with E-state index in [-0.39, 0.29) is 10.6 Å². The standard InChI is InChI=1S/C32H30Cl2N6O4S/c1-21-15-24(22(2)39(21)28-17-25(33)16-26(34)18-28)19-35-36-30(41)20-38(45(43,44)29-13-9-6-10-14-29)31-23(3)37(4)40(32(31)42)27-11-7-5-8-12-27/h5-19H,20H2,1-4H3,(H,36,41)/b35-19+. The van der Waals surface area contributed by atoms with E-state index in [2.05, 4.69) is 10.5 Å². The summed E-state index contributed by atoms with van der Waals surface area (Å²) >= 11 is 12.4. The zero-order chi connectivity index (χ0) is 32.5. The van der Waals surface area contributed by atoms with Gasteiger partial charge in [-0.2, -0.15) is 5.10 Å². The average Bonchev–Trinajstić information content (AvgIpc) is 3.41. The number of hydrogen-bond donors (Lipinski definition) is 1. The van der Waals surface area contributed by atoms with E-state index in [1.807, 2.05) is 30.5 Å². The van der Waals surface area contributed by atoms with E-state index in [1.54, 1.807) is 79.3 Å². The summed E-state index contributed by atoms with van der Waals surface area (Å²) < 4.78 is 33.5. The fourth-order valence-electron chi connectivity index (χ4n) is 5.17. The van der Waals surface area contributed by atoms with Crippen LogP contribution in [-0.2, 0) is 21.9 Å². The van der Waals surface area contributed by atoms with Crippen molar-refractivity contribution >= 4 is 51.0 Å². The number of aryl methyl sites for hydroxylation is 1. The highest BCUT2D eigenvalue weighted by Crippen LogP contribution is 2.27. The molecule has 3 aromatic carbocycles. The zero-order valence-corrected chi connectivity index (χ0v) is 27.2. The van der Waals surface area contributed by atoms with Crippen LogP contribution in [-0.4, -0.2) is 41.0 Å². The molecule has 5 aromatic rings. The molecule has 1 amide bonds. The van der Waals surface area contributed by atoms with Gasteiger partial charge < -0.3 is 4.57 Å². The number of rotatable bonds is 9. The van der Waals surface area contributed by atoms with Crippen LogP contribution in [0.15, 0.2) is 99.7 Å². The van der Waals surface area contributed by atoms with Crippen molar-refractivity contribution in [3.63, 3.8) is 0 Å². The molecule has 0 aliphatic rings. The molecule has 0 aliphatic heterocycles. The van der Waals surface area contributed by atoms with Gasteiger partial charge in [-0.3, -0.25) is 14.3 Å². The van der Waals surface area contributed by atoms with Crippen LogP contribution in [0.3, 0.4) is 0 Å². The maximum absolute atomic E-state index is 13.9. The Labute approximate surface area is 270 Å². The number of sulfonamides is 1. The molecule has 0 saturated carbocycles. The third-order valence-electron chi connectivity index (χ3n) is 7.36. The molecule has 13 heteroatoms. The predicted molar refractivity (Wildman–Crippen MR) is 178 cm³/mol. The topological polar surface area (TPSA) is 111 Å². The zero-order valence-electron chi connectivity index (χ0n) is 24.9. The van der Waals surface area contributed by atoms with Crippen LogP contribution in [0.4, 0.5) is 5.69 Å². The first-order chi connectivity index (χ1) is 21.4. The number of nitrogens with zero attached hydrogens (tertiary/aromatic N) is 5. The van der Waals surface area contributed by atoms with E-state index in [0.29, 0.717) is 27.0 Å². The van der Waals surface area contributed by atoms with Crippen LogP contribution in [0, 0.1) is 20.8 Å². The monoisotopic (exact) mass is 664 g/mol. The van der Waals surface area contributed by atoms with Crippen molar-refractivity contribution < 1.29 is 13.2 Å². The molecule has 0 bridgehead atoms. The molecule has 2 aromatic heterocycles. The number of anilines is 1. The van der Waals surface area contributed by atoms with Crippen LogP contribution in [0.1, 0.15) is 22.6 Å². The van der Waals surface area contributed by atoms with E-state index in [0.717, 1.165) is 21.4 Å². The van der Waals surface area contributed by atoms with Gasteiger partial charge in [0.2, 0.25) is 0 Å². The van der Waals surface area contributed by atoms with Crippen molar-refractivity contribution in [1.29, 1.82) is 0 Å². The van der Waals surface area contributed by atoms with Gasteiger partial charge in [0.15, 0.2) is 0 Å². The van der Waals surface area contributed by atoms with E-state index in [4.69, 9.17) is 23.2 Å². The highest BCUT2D eigenvalue weighted by atomic mass is 35.5. The lowest BCUT2D eigenvalue weighted by Gasteiger charge is -2.22. The largest absolute Gasteiger partial charge is 0.318 e. The molecule has 0 aliphatic carbocycles. The summed E-state index contributed by atoms with van der Waals surface area (Å²) in [4.78, 5) is 27.0. The van der Waals surface area contributed by atoms with Crippen LogP contribution >= 0.6 is 23.2 Å². The quantitative estimate of drug-likeness (QED) is 0.165. The lowest BCUT2D eigenvalue weighted by molar-refractivity contribution is -0.119. The number of hydrazone groups is 1. The maximum Gasteiger partial charge on any atom is 0.296 e. The van der Waals surface area contributed by atoms with Crippen molar-refractivity contribution in [2.75, 3.05) is 10.8 Å². The number of nitrogens with one attached hydrogen (secondary N) is 1. The summed E-state index contributed by atoms with van der Waals surface area (Å²) in [6.07, 6.45) is 1.47. The molecule has 0 unspecified atom stereocenters. The predicted octanol–water partition coefficient (Wildman–Crippen LogP) is 5.54. The first kappa shape index (κ1) is 31.8. The molecule has 0 fully saturated rings. The van der Waals surface area contributed by atoms with Gasteiger partial charge in [0.05, 0.1) is 22.5 Å². The molecule has 45 heavy (non-hydrogen) atoms. The summed E-state index contributed by atoms with van der Waals surface area (Å²) in [7, 11) is -2.68. The Balaban J connectivity index is 1.47. The molecule has 0 spiro atoms. The number of halogens is 2. The third-order valence-corrected chi connectivity index (χ3v) is 9.56. The Bertz CT molecular complexity index is 2070. The molecule has 0 radical (unpaired) electrons. The number of amides is 1. The minimum absolute atomic E-state index is 0.0660. The maximum atomic E-state index is 13.9. The Kier molecular flexibility index (Phi) is 9.06. The first-order valence-corrected chi connectivity index (χ1v) is 16.0. The molecule has 5 rings (SSSR count). The van der Waals surface area contributed by atoms with Gasteiger partial charge in [0.1, 0.15) is 12.2 Å². The normalized spacial score (nSPS) is 11.7. The molecule has 0 saturated heterocycles. The summed E-state index contributed by atoms with van der Waals surface area (Å²) in [6, 6.07) is 23.6. The van der Waals surface area contributed by atoms with Gasteiger partial charge in [-0.25, -0.2) is 22.8 Å². The number of aromatic nitrogens is 3. The molecule has 0 atom stereocenters. The lowest BCUT2D eigenvalue weighted by atomic mass is 10.2. The third kappa shape index (κ3) is 6.32. The van der Waals surface area contributed by atoms with Crippen LogP contribution in [0.25, 0.3) is 11.4 Å². The average molecular weight is 666 g/mol. The molecular weight excluding hydrogens is 635 g/mol. The van der Waals surface area contributed by atoms with Crippen LogP contribution in [0.5, 0.6) is 0 Å². The van der Waals surface area contributed by atoms with Gasteiger partial charge in [-0.1, -0.05) is 59.6 Å². The van der Waals surface area contributed by atoms with E-state index in [1.165, 1.54) is 23.0 Å². The lowest BCUT2D eigenvalue weighted by Crippen LogP contribution is -2.42. The summed E-state index contributed by atoms with van der Waals surface area (Å²) in [6.45, 7) is 4.73. The van der Waals surface area contributed by atoms with Crippen molar-refractivity contribution in [1.82, 2.24) is 19.4 Å². The number of hydrogen-bond acceptors (Lipinski definition) is 5. The molecule has 232 valence electrons. The summed E-state index contributed by atoms with van der Waals surface area (Å²) in [5.74, 6) is -0.741. The highest BCUT2D eigenvalue weighted by molar-refractivity contribution is 7.92. The Morgan fingerprint density at radius 1 is 0.889 bits per heavy atom. The van der Waals surface area contributed by atoms with Crippen LogP contribution in [0.2, 0.25) is 10.0 Å². The van der Waals surface area contributed by atoms with Crippen molar-refractivity contribution in [3.8, 4) is 11.4 Å². The van der Waals surface area contributed by atoms with E-state index in [9.17, 15) is 18.0 Å². The SMILES string of the molecule is Cc1cc(/C=N/NC(=O)CN(c2c(C)n(C)n(-c3ccccc3)c2=O)S(=O)(=O)c2ccccc2)c(C)n1-c1cc(Cl)cc(Cl)c1. The summed E-state index contributed by atoms with van der Waals surface area (Å²) in [5, 5.41) is 5.09. The van der Waals surface area contributed by atoms with E-state index < -0.39 is 28.0 Å². The fraction of sp³-hybridized carbons (Fsp3) is 0.156. The molecular formula is C32H30Cl2N6O4S. The molecule has 10 nitrogen and oxygen atoms in total. The number of benzene rings is 3. The summed E-state index contributed by atoms with van der Waals surface area (Å²) in [5.41, 5.74) is 5.76. The number of para-hydroxylation sites is 1. The molecule has 2 heterocycles. The first-order valence-electron chi connectivity index (χ1n) is 13.8. The van der Waals surface area contributed by atoms with Crippen molar-refractivity contribution in [2.45, 2.75) is 25.7 Å². The second kappa shape index (κ2) is 12.8.